The van der Waals surface area contributed by atoms with Crippen molar-refractivity contribution in [2.24, 2.45) is 0 Å². The molecule has 1 saturated heterocycles. The molecule has 0 bridgehead atoms. The normalized spacial score (nSPS) is 15.5. The van der Waals surface area contributed by atoms with Crippen molar-refractivity contribution in [2.75, 3.05) is 25.0 Å². The molecule has 0 spiro atoms. The maximum Gasteiger partial charge on any atom is 0.259 e. The van der Waals surface area contributed by atoms with Gasteiger partial charge in [-0.05, 0) is 43.2 Å². The summed E-state index contributed by atoms with van der Waals surface area (Å²) in [5, 5.41) is 0.487. The number of thiazole rings is 1. The van der Waals surface area contributed by atoms with Crippen LogP contribution in [0.5, 0.6) is 0 Å². The molecule has 1 aliphatic rings. The lowest BCUT2D eigenvalue weighted by molar-refractivity contribution is 0.0992. The van der Waals surface area contributed by atoms with Crippen LogP contribution >= 0.6 is 11.3 Å². The van der Waals surface area contributed by atoms with Crippen LogP contribution < -0.4 is 4.90 Å². The summed E-state index contributed by atoms with van der Waals surface area (Å²) in [6.45, 7) is 0.733. The zero-order chi connectivity index (χ0) is 20.6. The third kappa shape index (κ3) is 3.77. The first kappa shape index (κ1) is 19.9. The van der Waals surface area contributed by atoms with Crippen LogP contribution in [0.15, 0.2) is 47.4 Å². The van der Waals surface area contributed by atoms with E-state index in [0.717, 1.165) is 41.6 Å². The molecule has 3 aromatic rings. The monoisotopic (exact) mass is 433 g/mol. The summed E-state index contributed by atoms with van der Waals surface area (Å²) in [5.41, 5.74) is 0.878. The van der Waals surface area contributed by atoms with Gasteiger partial charge in [0.25, 0.3) is 5.91 Å². The highest BCUT2D eigenvalue weighted by molar-refractivity contribution is 7.89. The fourth-order valence-corrected chi connectivity index (χ4v) is 5.90. The van der Waals surface area contributed by atoms with Crippen LogP contribution in [-0.4, -0.2) is 43.8 Å². The Kier molecular flexibility index (Phi) is 5.37. The minimum Gasteiger partial charge on any atom is -0.287 e. The highest BCUT2D eigenvalue weighted by Crippen LogP contribution is 2.29. The van der Waals surface area contributed by atoms with Crippen LogP contribution in [0.3, 0.4) is 0 Å². The molecule has 1 aromatic heterocycles. The zero-order valence-electron chi connectivity index (χ0n) is 15.8. The molecule has 6 nitrogen and oxygen atoms in total. The zero-order valence-corrected chi connectivity index (χ0v) is 17.5. The quantitative estimate of drug-likeness (QED) is 0.626. The van der Waals surface area contributed by atoms with Crippen LogP contribution in [0.4, 0.5) is 9.52 Å². The van der Waals surface area contributed by atoms with Crippen molar-refractivity contribution in [1.82, 2.24) is 9.29 Å². The van der Waals surface area contributed by atoms with Gasteiger partial charge in [0.15, 0.2) is 5.13 Å². The number of piperidine rings is 1. The molecule has 1 fully saturated rings. The molecule has 0 aliphatic carbocycles. The second-order valence-electron chi connectivity index (χ2n) is 6.94. The van der Waals surface area contributed by atoms with Crippen molar-refractivity contribution in [3.8, 4) is 0 Å². The van der Waals surface area contributed by atoms with Gasteiger partial charge in [0.2, 0.25) is 10.0 Å². The molecule has 1 aliphatic heterocycles. The maximum absolute atomic E-state index is 14.4. The van der Waals surface area contributed by atoms with E-state index in [2.05, 4.69) is 4.98 Å². The van der Waals surface area contributed by atoms with E-state index in [1.165, 1.54) is 26.6 Å². The lowest BCUT2D eigenvalue weighted by Gasteiger charge is -2.26. The minimum absolute atomic E-state index is 0.101. The Morgan fingerprint density at radius 3 is 2.59 bits per heavy atom. The first-order chi connectivity index (χ1) is 13.9. The fourth-order valence-electron chi connectivity index (χ4n) is 3.36. The molecule has 9 heteroatoms. The average molecular weight is 434 g/mol. The van der Waals surface area contributed by atoms with Crippen LogP contribution in [0.25, 0.3) is 10.2 Å². The second kappa shape index (κ2) is 7.81. The highest BCUT2D eigenvalue weighted by atomic mass is 32.2. The molecule has 1 amide bonds. The summed E-state index contributed by atoms with van der Waals surface area (Å²) >= 11 is 1.36. The summed E-state index contributed by atoms with van der Waals surface area (Å²) in [6, 6.07) is 11.0. The van der Waals surface area contributed by atoms with Crippen molar-refractivity contribution in [1.29, 1.82) is 0 Å². The Hall–Kier alpha value is -2.36. The maximum atomic E-state index is 14.4. The van der Waals surface area contributed by atoms with Crippen molar-refractivity contribution >= 4 is 42.6 Å². The summed E-state index contributed by atoms with van der Waals surface area (Å²) in [7, 11) is -2.41. The summed E-state index contributed by atoms with van der Waals surface area (Å²) in [4.78, 5) is 18.3. The summed E-state index contributed by atoms with van der Waals surface area (Å²) in [6.07, 6.45) is 2.46. The number of rotatable bonds is 4. The second-order valence-corrected chi connectivity index (χ2v) is 9.85. The molecule has 2 heterocycles. The Bertz CT molecular complexity index is 1140. The number of halogens is 1. The van der Waals surface area contributed by atoms with E-state index >= 15 is 0 Å². The van der Waals surface area contributed by atoms with Gasteiger partial charge in [-0.25, -0.2) is 17.8 Å². The lowest BCUT2D eigenvalue weighted by atomic mass is 10.2. The number of anilines is 1. The van der Waals surface area contributed by atoms with E-state index in [-0.39, 0.29) is 5.56 Å². The molecule has 2 aromatic carbocycles. The Morgan fingerprint density at radius 1 is 1.14 bits per heavy atom. The predicted octanol–water partition coefficient (Wildman–Crippen LogP) is 3.89. The Balaban J connectivity index is 1.66. The number of fused-ring (bicyclic) bond motifs is 1. The fraction of sp³-hybridized carbons (Fsp3) is 0.300. The number of hydrogen-bond donors (Lipinski definition) is 0. The van der Waals surface area contributed by atoms with Crippen LogP contribution in [-0.2, 0) is 10.0 Å². The molecular formula is C20H20FN3O3S2. The van der Waals surface area contributed by atoms with Gasteiger partial charge in [-0.2, -0.15) is 4.31 Å². The van der Waals surface area contributed by atoms with Gasteiger partial charge in [0.1, 0.15) is 10.7 Å². The molecule has 0 atom stereocenters. The molecular weight excluding hydrogens is 413 g/mol. The van der Waals surface area contributed by atoms with Gasteiger partial charge in [0, 0.05) is 25.7 Å². The van der Waals surface area contributed by atoms with Crippen molar-refractivity contribution in [2.45, 2.75) is 24.2 Å². The van der Waals surface area contributed by atoms with E-state index in [9.17, 15) is 17.6 Å². The van der Waals surface area contributed by atoms with Crippen molar-refractivity contribution in [3.05, 3.63) is 53.8 Å². The number of benzene rings is 2. The van der Waals surface area contributed by atoms with E-state index in [1.807, 2.05) is 24.3 Å². The van der Waals surface area contributed by atoms with Gasteiger partial charge in [-0.3, -0.25) is 9.69 Å². The Morgan fingerprint density at radius 2 is 1.86 bits per heavy atom. The van der Waals surface area contributed by atoms with E-state index < -0.39 is 26.6 Å². The minimum atomic E-state index is -3.98. The predicted molar refractivity (Wildman–Crippen MR) is 111 cm³/mol. The van der Waals surface area contributed by atoms with Gasteiger partial charge in [0.05, 0.1) is 10.2 Å². The first-order valence-electron chi connectivity index (χ1n) is 9.31. The molecule has 0 N–H and O–H groups in total. The van der Waals surface area contributed by atoms with Crippen LogP contribution in [0.1, 0.15) is 29.6 Å². The van der Waals surface area contributed by atoms with Crippen molar-refractivity contribution < 1.29 is 17.6 Å². The van der Waals surface area contributed by atoms with Crippen LogP contribution in [0, 0.1) is 5.82 Å². The van der Waals surface area contributed by atoms with Gasteiger partial charge < -0.3 is 0 Å². The Labute approximate surface area is 172 Å². The molecule has 152 valence electrons. The van der Waals surface area contributed by atoms with E-state index in [1.54, 1.807) is 7.05 Å². The summed E-state index contributed by atoms with van der Waals surface area (Å²) in [5.74, 6) is -1.30. The number of carbonyl (C=O) groups is 1. The number of nitrogens with zero attached hydrogens (tertiary/aromatic N) is 3. The molecule has 29 heavy (non-hydrogen) atoms. The van der Waals surface area contributed by atoms with E-state index in [4.69, 9.17) is 0 Å². The highest BCUT2D eigenvalue weighted by Gasteiger charge is 2.30. The number of sulfonamides is 1. The number of aromatic nitrogens is 1. The molecule has 0 radical (unpaired) electrons. The van der Waals surface area contributed by atoms with Gasteiger partial charge >= 0.3 is 0 Å². The third-order valence-corrected chi connectivity index (χ3v) is 8.01. The molecule has 4 rings (SSSR count). The smallest absolute Gasteiger partial charge is 0.259 e. The van der Waals surface area contributed by atoms with Gasteiger partial charge in [-0.15, -0.1) is 0 Å². The number of amides is 1. The van der Waals surface area contributed by atoms with Crippen LogP contribution in [0.2, 0.25) is 0 Å². The number of para-hydroxylation sites is 1. The average Bonchev–Trinajstić information content (AvgIpc) is 3.18. The van der Waals surface area contributed by atoms with Crippen molar-refractivity contribution in [3.63, 3.8) is 0 Å². The van der Waals surface area contributed by atoms with E-state index in [0.29, 0.717) is 18.2 Å². The lowest BCUT2D eigenvalue weighted by Crippen LogP contribution is -2.36. The largest absolute Gasteiger partial charge is 0.287 e. The summed E-state index contributed by atoms with van der Waals surface area (Å²) < 4.78 is 42.4. The number of hydrogen-bond acceptors (Lipinski definition) is 5. The standard InChI is InChI=1S/C20H20FN3O3S2/c1-23(20-22-16-7-3-4-8-17(16)28-20)19(25)14-9-10-15(21)18(13-14)29(26,27)24-11-5-2-6-12-24/h3-4,7-10,13H,2,5-6,11-12H2,1H3. The topological polar surface area (TPSA) is 70.6 Å². The molecule has 0 saturated carbocycles. The third-order valence-electron chi connectivity index (χ3n) is 4.99. The SMILES string of the molecule is CN(C(=O)c1ccc(F)c(S(=O)(=O)N2CCCCC2)c1)c1nc2ccccc2s1. The molecule has 0 unspecified atom stereocenters. The first-order valence-corrected chi connectivity index (χ1v) is 11.6. The number of carbonyl (C=O) groups excluding carboxylic acids is 1. The van der Waals surface area contributed by atoms with Gasteiger partial charge in [-0.1, -0.05) is 29.9 Å².